The van der Waals surface area contributed by atoms with Crippen molar-refractivity contribution in [2.75, 3.05) is 6.61 Å². The summed E-state index contributed by atoms with van der Waals surface area (Å²) in [4.78, 5) is 0. The summed E-state index contributed by atoms with van der Waals surface area (Å²) >= 11 is 0. The van der Waals surface area contributed by atoms with Gasteiger partial charge in [-0.2, -0.15) is 4.39 Å². The zero-order valence-electron chi connectivity index (χ0n) is 7.09. The zero-order chi connectivity index (χ0) is 9.19. The van der Waals surface area contributed by atoms with Crippen molar-refractivity contribution in [1.82, 2.24) is 0 Å². The van der Waals surface area contributed by atoms with Crippen LogP contribution in [0.15, 0.2) is 24.6 Å². The molecule has 68 valence electrons. The van der Waals surface area contributed by atoms with Crippen molar-refractivity contribution in [3.8, 4) is 0 Å². The molecule has 0 N–H and O–H groups in total. The number of rotatable bonds is 3. The normalized spacial score (nSPS) is 19.1. The van der Waals surface area contributed by atoms with E-state index in [9.17, 15) is 4.39 Å². The molecule has 0 radical (unpaired) electrons. The van der Waals surface area contributed by atoms with E-state index in [0.29, 0.717) is 5.76 Å². The molecule has 0 atom stereocenters. The van der Waals surface area contributed by atoms with E-state index < -0.39 is 11.8 Å². The third-order valence-electron chi connectivity index (χ3n) is 1.22. The fourth-order valence-corrected chi connectivity index (χ4v) is 0.784. The molecule has 0 aromatic heterocycles. The smallest absolute Gasteiger partial charge is 0.265 e. The Balaban J connectivity index is 2.33. The minimum atomic E-state index is -0.829. The van der Waals surface area contributed by atoms with E-state index in [1.54, 1.807) is 13.8 Å². The van der Waals surface area contributed by atoms with E-state index in [0.717, 1.165) is 0 Å². The van der Waals surface area contributed by atoms with Gasteiger partial charge in [-0.3, -0.25) is 0 Å². The summed E-state index contributed by atoms with van der Waals surface area (Å²) in [6.07, 6.45) is 1.41. The van der Waals surface area contributed by atoms with Crippen LogP contribution in [0.3, 0.4) is 0 Å². The molecule has 0 saturated heterocycles. The summed E-state index contributed by atoms with van der Waals surface area (Å²) in [6.45, 7) is 6.45. The second-order valence-electron chi connectivity index (χ2n) is 2.85. The molecule has 0 saturated carbocycles. The average molecular weight is 174 g/mol. The Morgan fingerprint density at radius 1 is 1.75 bits per heavy atom. The molecule has 1 heterocycles. The number of hydrogen-bond acceptors (Lipinski definition) is 3. The highest BCUT2D eigenvalue weighted by atomic mass is 19.1. The number of halogens is 1. The van der Waals surface area contributed by atoms with E-state index in [1.165, 1.54) is 6.26 Å². The molecule has 0 aliphatic carbocycles. The van der Waals surface area contributed by atoms with E-state index in [-0.39, 0.29) is 6.61 Å². The molecule has 0 aromatic carbocycles. The van der Waals surface area contributed by atoms with Gasteiger partial charge in [0, 0.05) is 13.8 Å². The first-order valence-corrected chi connectivity index (χ1v) is 3.53. The highest BCUT2D eigenvalue weighted by Crippen LogP contribution is 2.24. The zero-order valence-corrected chi connectivity index (χ0v) is 7.09. The van der Waals surface area contributed by atoms with Crippen LogP contribution < -0.4 is 0 Å². The summed E-state index contributed by atoms with van der Waals surface area (Å²) in [5.41, 5.74) is 0. The lowest BCUT2D eigenvalue weighted by atomic mass is 10.4. The maximum absolute atomic E-state index is 12.0. The van der Waals surface area contributed by atoms with Gasteiger partial charge >= 0.3 is 0 Å². The molecule has 4 heteroatoms. The predicted molar refractivity (Wildman–Crippen MR) is 40.5 cm³/mol. The third kappa shape index (κ3) is 2.45. The predicted octanol–water partition coefficient (Wildman–Crippen LogP) is 2.07. The second-order valence-corrected chi connectivity index (χ2v) is 2.85. The van der Waals surface area contributed by atoms with Gasteiger partial charge in [0.1, 0.15) is 6.26 Å². The Morgan fingerprint density at radius 2 is 2.42 bits per heavy atom. The van der Waals surface area contributed by atoms with Crippen molar-refractivity contribution in [2.24, 2.45) is 0 Å². The van der Waals surface area contributed by atoms with Crippen molar-refractivity contribution in [1.29, 1.82) is 0 Å². The highest BCUT2D eigenvalue weighted by Gasteiger charge is 2.27. The van der Waals surface area contributed by atoms with Gasteiger partial charge in [0.15, 0.2) is 12.4 Å². The minimum Gasteiger partial charge on any atom is -0.463 e. The van der Waals surface area contributed by atoms with Gasteiger partial charge in [-0.25, -0.2) is 0 Å². The molecule has 1 rings (SSSR count). The monoisotopic (exact) mass is 174 g/mol. The first-order valence-electron chi connectivity index (χ1n) is 3.53. The van der Waals surface area contributed by atoms with E-state index in [2.05, 4.69) is 11.3 Å². The van der Waals surface area contributed by atoms with E-state index in [1.807, 2.05) is 0 Å². The van der Waals surface area contributed by atoms with E-state index in [4.69, 9.17) is 9.47 Å². The Morgan fingerprint density at radius 3 is 2.83 bits per heavy atom. The summed E-state index contributed by atoms with van der Waals surface area (Å²) in [7, 11) is 0. The Bertz CT molecular complexity index is 220. The summed E-state index contributed by atoms with van der Waals surface area (Å²) in [5.74, 6) is -0.213. The van der Waals surface area contributed by atoms with Gasteiger partial charge in [-0.15, -0.1) is 0 Å². The third-order valence-corrected chi connectivity index (χ3v) is 1.22. The summed E-state index contributed by atoms with van der Waals surface area (Å²) in [6, 6.07) is -0.829. The Kier molecular flexibility index (Phi) is 2.26. The van der Waals surface area contributed by atoms with Crippen molar-refractivity contribution >= 4 is 0 Å². The standard InChI is InChI=1S/C8H11FO3/c1-6(9)10-4-7-5-11-8(2,3)12-7/h5H,1,4H2,2-3H3. The molecule has 0 amide bonds. The van der Waals surface area contributed by atoms with Crippen LogP contribution in [0.1, 0.15) is 13.8 Å². The lowest BCUT2D eigenvalue weighted by Gasteiger charge is -2.17. The van der Waals surface area contributed by atoms with Crippen LogP contribution >= 0.6 is 0 Å². The molecule has 0 fully saturated rings. The van der Waals surface area contributed by atoms with Crippen LogP contribution in [0.2, 0.25) is 0 Å². The molecular formula is C8H11FO3. The van der Waals surface area contributed by atoms with Crippen LogP contribution in [0.4, 0.5) is 4.39 Å². The Labute approximate surface area is 70.4 Å². The molecular weight excluding hydrogens is 163 g/mol. The van der Waals surface area contributed by atoms with Crippen LogP contribution in [0, 0.1) is 0 Å². The number of ether oxygens (including phenoxy) is 3. The highest BCUT2D eigenvalue weighted by molar-refractivity contribution is 4.96. The van der Waals surface area contributed by atoms with E-state index >= 15 is 0 Å². The lowest BCUT2D eigenvalue weighted by molar-refractivity contribution is -0.121. The minimum absolute atomic E-state index is 0.0127. The molecule has 1 aliphatic heterocycles. The summed E-state index contributed by atoms with van der Waals surface area (Å²) < 4.78 is 26.8. The SMILES string of the molecule is C=C(F)OCC1=COC(C)(C)O1. The van der Waals surface area contributed by atoms with Crippen LogP contribution in [0.5, 0.6) is 0 Å². The molecule has 1 aliphatic rings. The fourth-order valence-electron chi connectivity index (χ4n) is 0.784. The second kappa shape index (κ2) is 3.05. The molecule has 0 spiro atoms. The summed E-state index contributed by atoms with van der Waals surface area (Å²) in [5, 5.41) is 0. The fraction of sp³-hybridized carbons (Fsp3) is 0.500. The van der Waals surface area contributed by atoms with Crippen molar-refractivity contribution in [2.45, 2.75) is 19.6 Å². The molecule has 0 unspecified atom stereocenters. The van der Waals surface area contributed by atoms with Crippen LogP contribution in [0.25, 0.3) is 0 Å². The van der Waals surface area contributed by atoms with Gasteiger partial charge < -0.3 is 14.2 Å². The van der Waals surface area contributed by atoms with Crippen molar-refractivity contribution in [3.05, 3.63) is 24.6 Å². The maximum Gasteiger partial charge on any atom is 0.265 e. The number of hydrogen-bond donors (Lipinski definition) is 0. The van der Waals surface area contributed by atoms with Gasteiger partial charge in [0.2, 0.25) is 5.79 Å². The molecule has 0 bridgehead atoms. The lowest BCUT2D eigenvalue weighted by Crippen LogP contribution is -2.20. The van der Waals surface area contributed by atoms with Gasteiger partial charge in [-0.1, -0.05) is 0 Å². The molecule has 3 nitrogen and oxygen atoms in total. The first kappa shape index (κ1) is 8.90. The van der Waals surface area contributed by atoms with Crippen LogP contribution in [-0.4, -0.2) is 12.4 Å². The van der Waals surface area contributed by atoms with Gasteiger partial charge in [0.25, 0.3) is 6.01 Å². The topological polar surface area (TPSA) is 27.7 Å². The Hall–Kier alpha value is -1.19. The van der Waals surface area contributed by atoms with Crippen molar-refractivity contribution < 1.29 is 18.6 Å². The molecule has 0 aromatic rings. The van der Waals surface area contributed by atoms with Gasteiger partial charge in [0.05, 0.1) is 0 Å². The molecule has 12 heavy (non-hydrogen) atoms. The van der Waals surface area contributed by atoms with Crippen molar-refractivity contribution in [3.63, 3.8) is 0 Å². The van der Waals surface area contributed by atoms with Gasteiger partial charge in [-0.05, 0) is 6.58 Å². The maximum atomic E-state index is 12.0. The van der Waals surface area contributed by atoms with Crippen LogP contribution in [-0.2, 0) is 14.2 Å². The quantitative estimate of drug-likeness (QED) is 0.613. The largest absolute Gasteiger partial charge is 0.463 e. The average Bonchev–Trinajstić information content (AvgIpc) is 2.26. The first-order chi connectivity index (χ1) is 5.49.